The van der Waals surface area contributed by atoms with Crippen molar-refractivity contribution in [3.05, 3.63) is 27.7 Å². The van der Waals surface area contributed by atoms with Crippen LogP contribution >= 0.6 is 15.9 Å². The predicted molar refractivity (Wildman–Crippen MR) is 64.4 cm³/mol. The van der Waals surface area contributed by atoms with Crippen LogP contribution in [0.4, 0.5) is 0 Å². The Kier molecular flexibility index (Phi) is 4.33. The molecule has 1 aromatic rings. The lowest BCUT2D eigenvalue weighted by Crippen LogP contribution is -1.97. The van der Waals surface area contributed by atoms with Crippen molar-refractivity contribution in [1.82, 2.24) is 0 Å². The van der Waals surface area contributed by atoms with Crippen LogP contribution in [0.1, 0.15) is 24.5 Å². The fourth-order valence-corrected chi connectivity index (χ4v) is 2.05. The highest BCUT2D eigenvalue weighted by Gasteiger charge is 2.06. The van der Waals surface area contributed by atoms with Crippen molar-refractivity contribution in [1.29, 1.82) is 0 Å². The number of ether oxygens (including phenoxy) is 1. The Balaban J connectivity index is 2.92. The van der Waals surface area contributed by atoms with Crippen molar-refractivity contribution >= 4 is 21.7 Å². The molecule has 0 radical (unpaired) electrons. The Morgan fingerprint density at radius 3 is 2.67 bits per heavy atom. The van der Waals surface area contributed by atoms with E-state index in [9.17, 15) is 4.79 Å². The van der Waals surface area contributed by atoms with Gasteiger partial charge in [0.05, 0.1) is 11.6 Å². The van der Waals surface area contributed by atoms with E-state index in [-0.39, 0.29) is 5.78 Å². The third-order valence-electron chi connectivity index (χ3n) is 2.36. The molecule has 0 bridgehead atoms. The maximum atomic E-state index is 10.9. The van der Waals surface area contributed by atoms with Crippen LogP contribution < -0.4 is 4.74 Å². The lowest BCUT2D eigenvalue weighted by Gasteiger charge is -2.09. The highest BCUT2D eigenvalue weighted by atomic mass is 79.9. The van der Waals surface area contributed by atoms with E-state index in [1.807, 2.05) is 19.1 Å². The summed E-state index contributed by atoms with van der Waals surface area (Å²) in [6.07, 6.45) is 1.37. The Labute approximate surface area is 98.8 Å². The van der Waals surface area contributed by atoms with E-state index < -0.39 is 0 Å². The Bertz CT molecular complexity index is 372. The molecule has 15 heavy (non-hydrogen) atoms. The molecule has 2 nitrogen and oxygen atoms in total. The van der Waals surface area contributed by atoms with Gasteiger partial charge in [-0.3, -0.25) is 0 Å². The van der Waals surface area contributed by atoms with Crippen LogP contribution in [0.15, 0.2) is 16.6 Å². The molecule has 0 N–H and O–H groups in total. The SMILES string of the molecule is COc1cc(CCC(C)=O)c(C)cc1Br. The maximum Gasteiger partial charge on any atom is 0.133 e. The van der Waals surface area contributed by atoms with Gasteiger partial charge in [-0.25, -0.2) is 0 Å². The number of ketones is 1. The second-order valence-electron chi connectivity index (χ2n) is 3.62. The first kappa shape index (κ1) is 12.2. The number of methoxy groups -OCH3 is 1. The van der Waals surface area contributed by atoms with Crippen LogP contribution in [0.5, 0.6) is 5.75 Å². The minimum Gasteiger partial charge on any atom is -0.496 e. The van der Waals surface area contributed by atoms with Crippen molar-refractivity contribution in [3.63, 3.8) is 0 Å². The molecule has 0 unspecified atom stereocenters. The van der Waals surface area contributed by atoms with Crippen molar-refractivity contribution in [2.75, 3.05) is 7.11 Å². The van der Waals surface area contributed by atoms with Gasteiger partial charge >= 0.3 is 0 Å². The third kappa shape index (κ3) is 3.34. The van der Waals surface area contributed by atoms with Crippen LogP contribution in [-0.4, -0.2) is 12.9 Å². The van der Waals surface area contributed by atoms with E-state index in [4.69, 9.17) is 4.74 Å². The summed E-state index contributed by atoms with van der Waals surface area (Å²) in [5.41, 5.74) is 2.36. The van der Waals surface area contributed by atoms with E-state index in [1.165, 1.54) is 11.1 Å². The Hall–Kier alpha value is -0.830. The summed E-state index contributed by atoms with van der Waals surface area (Å²) >= 11 is 3.43. The monoisotopic (exact) mass is 270 g/mol. The molecule has 3 heteroatoms. The van der Waals surface area contributed by atoms with Gasteiger partial charge in [0, 0.05) is 6.42 Å². The fourth-order valence-electron chi connectivity index (χ4n) is 1.43. The smallest absolute Gasteiger partial charge is 0.133 e. The summed E-state index contributed by atoms with van der Waals surface area (Å²) in [5, 5.41) is 0. The van der Waals surface area contributed by atoms with Gasteiger partial charge in [-0.15, -0.1) is 0 Å². The van der Waals surface area contributed by atoms with E-state index in [1.54, 1.807) is 14.0 Å². The summed E-state index contributed by atoms with van der Waals surface area (Å²) in [6.45, 7) is 3.66. The number of carbonyl (C=O) groups excluding carboxylic acids is 1. The average Bonchev–Trinajstić information content (AvgIpc) is 2.16. The molecule has 0 heterocycles. The Morgan fingerprint density at radius 1 is 1.47 bits per heavy atom. The topological polar surface area (TPSA) is 26.3 Å². The fraction of sp³-hybridized carbons (Fsp3) is 0.417. The van der Waals surface area contributed by atoms with E-state index >= 15 is 0 Å². The number of hydrogen-bond donors (Lipinski definition) is 0. The molecule has 0 aliphatic heterocycles. The van der Waals surface area contributed by atoms with Crippen molar-refractivity contribution < 1.29 is 9.53 Å². The van der Waals surface area contributed by atoms with Crippen molar-refractivity contribution in [3.8, 4) is 5.75 Å². The second kappa shape index (κ2) is 5.31. The molecule has 1 aromatic carbocycles. The number of carbonyl (C=O) groups is 1. The van der Waals surface area contributed by atoms with Gasteiger partial charge in [0.15, 0.2) is 0 Å². The first-order chi connectivity index (χ1) is 7.04. The largest absolute Gasteiger partial charge is 0.496 e. The minimum atomic E-state index is 0.219. The molecule has 1 rings (SSSR count). The molecule has 0 saturated carbocycles. The zero-order valence-electron chi connectivity index (χ0n) is 9.26. The molecule has 0 fully saturated rings. The lowest BCUT2D eigenvalue weighted by molar-refractivity contribution is -0.116. The third-order valence-corrected chi connectivity index (χ3v) is 2.98. The maximum absolute atomic E-state index is 10.9. The summed E-state index contributed by atoms with van der Waals surface area (Å²) in [5.74, 6) is 1.04. The summed E-state index contributed by atoms with van der Waals surface area (Å²) in [6, 6.07) is 4.01. The standard InChI is InChI=1S/C12H15BrO2/c1-8-6-11(13)12(15-3)7-10(8)5-4-9(2)14/h6-7H,4-5H2,1-3H3. The van der Waals surface area contributed by atoms with Crippen LogP contribution in [-0.2, 0) is 11.2 Å². The highest BCUT2D eigenvalue weighted by Crippen LogP contribution is 2.28. The first-order valence-electron chi connectivity index (χ1n) is 4.87. The number of rotatable bonds is 4. The lowest BCUT2D eigenvalue weighted by atomic mass is 10.0. The van der Waals surface area contributed by atoms with Gasteiger partial charge in [-0.1, -0.05) is 0 Å². The normalized spacial score (nSPS) is 10.1. The van der Waals surface area contributed by atoms with E-state index in [2.05, 4.69) is 15.9 Å². The zero-order valence-corrected chi connectivity index (χ0v) is 10.8. The molecule has 0 aliphatic carbocycles. The number of Topliss-reactive ketones (excluding diaryl/α,β-unsaturated/α-hetero) is 1. The van der Waals surface area contributed by atoms with Gasteiger partial charge in [0.1, 0.15) is 11.5 Å². The van der Waals surface area contributed by atoms with Crippen molar-refractivity contribution in [2.45, 2.75) is 26.7 Å². The number of hydrogen-bond acceptors (Lipinski definition) is 2. The van der Waals surface area contributed by atoms with Crippen LogP contribution in [0, 0.1) is 6.92 Å². The summed E-state index contributed by atoms with van der Waals surface area (Å²) in [7, 11) is 1.64. The van der Waals surface area contributed by atoms with Gasteiger partial charge < -0.3 is 9.53 Å². The second-order valence-corrected chi connectivity index (χ2v) is 4.47. The van der Waals surface area contributed by atoms with E-state index in [0.29, 0.717) is 6.42 Å². The molecule has 0 atom stereocenters. The molecule has 0 saturated heterocycles. The van der Waals surface area contributed by atoms with Crippen LogP contribution in [0.25, 0.3) is 0 Å². The molecular weight excluding hydrogens is 256 g/mol. The van der Waals surface area contributed by atoms with Gasteiger partial charge in [-0.2, -0.15) is 0 Å². The first-order valence-corrected chi connectivity index (χ1v) is 5.66. The summed E-state index contributed by atoms with van der Waals surface area (Å²) < 4.78 is 6.17. The van der Waals surface area contributed by atoms with Crippen molar-refractivity contribution in [2.24, 2.45) is 0 Å². The molecule has 0 aliphatic rings. The van der Waals surface area contributed by atoms with E-state index in [0.717, 1.165) is 16.6 Å². The van der Waals surface area contributed by atoms with Gasteiger partial charge in [-0.05, 0) is 59.5 Å². The highest BCUT2D eigenvalue weighted by molar-refractivity contribution is 9.10. The number of benzene rings is 1. The molecule has 82 valence electrons. The quantitative estimate of drug-likeness (QED) is 0.840. The zero-order chi connectivity index (χ0) is 11.4. The predicted octanol–water partition coefficient (Wildman–Crippen LogP) is 3.29. The summed E-state index contributed by atoms with van der Waals surface area (Å²) in [4.78, 5) is 10.9. The number of halogens is 1. The molecular formula is C12H15BrO2. The molecule has 0 aromatic heterocycles. The van der Waals surface area contributed by atoms with Crippen LogP contribution in [0.3, 0.4) is 0 Å². The molecule has 0 spiro atoms. The Morgan fingerprint density at radius 2 is 2.13 bits per heavy atom. The minimum absolute atomic E-state index is 0.219. The number of aryl methyl sites for hydroxylation is 2. The van der Waals surface area contributed by atoms with Crippen LogP contribution in [0.2, 0.25) is 0 Å². The molecule has 0 amide bonds. The van der Waals surface area contributed by atoms with Gasteiger partial charge in [0.2, 0.25) is 0 Å². The van der Waals surface area contributed by atoms with Gasteiger partial charge in [0.25, 0.3) is 0 Å². The average molecular weight is 271 g/mol.